The van der Waals surface area contributed by atoms with E-state index in [1.165, 1.54) is 0 Å². The van der Waals surface area contributed by atoms with Crippen LogP contribution in [0.25, 0.3) is 0 Å². The third-order valence-corrected chi connectivity index (χ3v) is 3.20. The number of hydrogen-bond donors (Lipinski definition) is 2. The Hall–Kier alpha value is -1.16. The van der Waals surface area contributed by atoms with Gasteiger partial charge in [0.2, 0.25) is 0 Å². The third-order valence-electron chi connectivity index (χ3n) is 2.50. The molecule has 0 fully saturated rings. The average molecular weight is 252 g/mol. The molecule has 0 saturated heterocycles. The van der Waals surface area contributed by atoms with E-state index in [0.29, 0.717) is 5.56 Å². The topological polar surface area (TPSA) is 41.1 Å². The highest BCUT2D eigenvalue weighted by atomic mass is 32.2. The van der Waals surface area contributed by atoms with Crippen molar-refractivity contribution in [2.45, 2.75) is 12.8 Å². The lowest BCUT2D eigenvalue weighted by molar-refractivity contribution is 0.0954. The zero-order valence-corrected chi connectivity index (χ0v) is 11.3. The second-order valence-electron chi connectivity index (χ2n) is 3.75. The number of amides is 1. The molecule has 1 rings (SSSR count). The SMILES string of the molecule is CNc1ccccc1C(=O)NCCCCSC. The number of para-hydroxylation sites is 1. The fraction of sp³-hybridized carbons (Fsp3) is 0.462. The van der Waals surface area contributed by atoms with Gasteiger partial charge in [-0.1, -0.05) is 12.1 Å². The van der Waals surface area contributed by atoms with Crippen molar-refractivity contribution >= 4 is 23.4 Å². The summed E-state index contributed by atoms with van der Waals surface area (Å²) in [5.74, 6) is 1.15. The van der Waals surface area contributed by atoms with Crippen molar-refractivity contribution < 1.29 is 4.79 Å². The van der Waals surface area contributed by atoms with Crippen molar-refractivity contribution in [1.29, 1.82) is 0 Å². The van der Waals surface area contributed by atoms with Gasteiger partial charge in [0.1, 0.15) is 0 Å². The molecule has 0 radical (unpaired) electrons. The summed E-state index contributed by atoms with van der Waals surface area (Å²) in [6.45, 7) is 0.747. The van der Waals surface area contributed by atoms with Crippen LogP contribution in [0.2, 0.25) is 0 Å². The molecule has 0 bridgehead atoms. The molecule has 17 heavy (non-hydrogen) atoms. The van der Waals surface area contributed by atoms with Crippen LogP contribution >= 0.6 is 11.8 Å². The van der Waals surface area contributed by atoms with Gasteiger partial charge in [0, 0.05) is 19.3 Å². The minimum Gasteiger partial charge on any atom is -0.387 e. The largest absolute Gasteiger partial charge is 0.387 e. The Morgan fingerprint density at radius 1 is 1.29 bits per heavy atom. The second kappa shape index (κ2) is 8.01. The third kappa shape index (κ3) is 4.69. The van der Waals surface area contributed by atoms with Gasteiger partial charge in [-0.3, -0.25) is 4.79 Å². The number of anilines is 1. The van der Waals surface area contributed by atoms with Crippen LogP contribution in [0.5, 0.6) is 0 Å². The Kier molecular flexibility index (Phi) is 6.55. The summed E-state index contributed by atoms with van der Waals surface area (Å²) in [7, 11) is 1.82. The van der Waals surface area contributed by atoms with Crippen molar-refractivity contribution in [3.8, 4) is 0 Å². The standard InChI is InChI=1S/C13H20N2OS/c1-14-12-8-4-3-7-11(12)13(16)15-9-5-6-10-17-2/h3-4,7-8,14H,5-6,9-10H2,1-2H3,(H,15,16). The van der Waals surface area contributed by atoms with E-state index in [0.717, 1.165) is 30.8 Å². The van der Waals surface area contributed by atoms with Crippen LogP contribution in [0, 0.1) is 0 Å². The molecule has 0 aliphatic heterocycles. The summed E-state index contributed by atoms with van der Waals surface area (Å²) in [6, 6.07) is 7.54. The summed E-state index contributed by atoms with van der Waals surface area (Å²) in [4.78, 5) is 11.9. The lowest BCUT2D eigenvalue weighted by Gasteiger charge is -2.09. The van der Waals surface area contributed by atoms with Gasteiger partial charge >= 0.3 is 0 Å². The van der Waals surface area contributed by atoms with Crippen molar-refractivity contribution in [2.75, 3.05) is 30.9 Å². The fourth-order valence-electron chi connectivity index (χ4n) is 1.57. The number of hydrogen-bond acceptors (Lipinski definition) is 3. The summed E-state index contributed by atoms with van der Waals surface area (Å²) in [5.41, 5.74) is 1.58. The van der Waals surface area contributed by atoms with Gasteiger partial charge in [-0.05, 0) is 37.0 Å². The minimum atomic E-state index is -0.000832. The number of thioether (sulfide) groups is 1. The summed E-state index contributed by atoms with van der Waals surface area (Å²) in [5, 5.41) is 5.97. The van der Waals surface area contributed by atoms with Crippen molar-refractivity contribution in [3.63, 3.8) is 0 Å². The molecule has 1 aromatic carbocycles. The number of carbonyl (C=O) groups excluding carboxylic acids is 1. The van der Waals surface area contributed by atoms with Crippen molar-refractivity contribution in [2.24, 2.45) is 0 Å². The molecule has 0 heterocycles. The summed E-state index contributed by atoms with van der Waals surface area (Å²) < 4.78 is 0. The number of rotatable bonds is 7. The van der Waals surface area contributed by atoms with E-state index < -0.39 is 0 Å². The lowest BCUT2D eigenvalue weighted by atomic mass is 10.1. The predicted octanol–water partition coefficient (Wildman–Crippen LogP) is 2.60. The minimum absolute atomic E-state index is 0.000832. The van der Waals surface area contributed by atoms with Crippen LogP contribution in [0.1, 0.15) is 23.2 Å². The number of unbranched alkanes of at least 4 members (excludes halogenated alkanes) is 1. The lowest BCUT2D eigenvalue weighted by Crippen LogP contribution is -2.25. The van der Waals surface area contributed by atoms with Crippen LogP contribution in [0.3, 0.4) is 0 Å². The van der Waals surface area contributed by atoms with Gasteiger partial charge in [-0.25, -0.2) is 0 Å². The summed E-state index contributed by atoms with van der Waals surface area (Å²) in [6.07, 6.45) is 4.28. The van der Waals surface area contributed by atoms with E-state index in [9.17, 15) is 4.79 Å². The average Bonchev–Trinajstić information content (AvgIpc) is 2.38. The molecule has 3 nitrogen and oxygen atoms in total. The normalized spacial score (nSPS) is 10.0. The highest BCUT2D eigenvalue weighted by Gasteiger charge is 2.08. The van der Waals surface area contributed by atoms with Gasteiger partial charge in [0.15, 0.2) is 0 Å². The van der Waals surface area contributed by atoms with E-state index in [2.05, 4.69) is 16.9 Å². The van der Waals surface area contributed by atoms with Crippen LogP contribution in [-0.2, 0) is 0 Å². The second-order valence-corrected chi connectivity index (χ2v) is 4.74. The molecule has 0 aromatic heterocycles. The van der Waals surface area contributed by atoms with Crippen LogP contribution < -0.4 is 10.6 Å². The van der Waals surface area contributed by atoms with E-state index >= 15 is 0 Å². The van der Waals surface area contributed by atoms with Gasteiger partial charge in [-0.15, -0.1) is 0 Å². The first kappa shape index (κ1) is 13.9. The maximum atomic E-state index is 11.9. The number of benzene rings is 1. The monoisotopic (exact) mass is 252 g/mol. The van der Waals surface area contributed by atoms with Crippen LogP contribution in [-0.4, -0.2) is 31.5 Å². The zero-order chi connectivity index (χ0) is 12.5. The predicted molar refractivity (Wildman–Crippen MR) is 75.9 cm³/mol. The van der Waals surface area contributed by atoms with Crippen molar-refractivity contribution in [1.82, 2.24) is 5.32 Å². The first-order valence-electron chi connectivity index (χ1n) is 5.83. The van der Waals surface area contributed by atoms with E-state index in [1.54, 1.807) is 0 Å². The molecular formula is C13H20N2OS. The molecule has 0 aliphatic rings. The van der Waals surface area contributed by atoms with E-state index in [1.807, 2.05) is 43.1 Å². The highest BCUT2D eigenvalue weighted by Crippen LogP contribution is 2.13. The van der Waals surface area contributed by atoms with E-state index in [4.69, 9.17) is 0 Å². The maximum absolute atomic E-state index is 11.9. The number of carbonyl (C=O) groups is 1. The first-order chi connectivity index (χ1) is 8.29. The smallest absolute Gasteiger partial charge is 0.253 e. The molecule has 4 heteroatoms. The molecule has 0 aliphatic carbocycles. The first-order valence-corrected chi connectivity index (χ1v) is 7.23. The summed E-state index contributed by atoms with van der Waals surface area (Å²) >= 11 is 1.84. The van der Waals surface area contributed by atoms with Crippen LogP contribution in [0.4, 0.5) is 5.69 Å². The zero-order valence-electron chi connectivity index (χ0n) is 10.5. The molecule has 0 atom stereocenters. The van der Waals surface area contributed by atoms with Gasteiger partial charge in [-0.2, -0.15) is 11.8 Å². The molecule has 2 N–H and O–H groups in total. The van der Waals surface area contributed by atoms with Crippen LogP contribution in [0.15, 0.2) is 24.3 Å². The molecule has 0 unspecified atom stereocenters. The Bertz CT molecular complexity index is 355. The Morgan fingerprint density at radius 2 is 2.06 bits per heavy atom. The maximum Gasteiger partial charge on any atom is 0.253 e. The highest BCUT2D eigenvalue weighted by molar-refractivity contribution is 7.98. The molecule has 94 valence electrons. The Balaban J connectivity index is 2.41. The van der Waals surface area contributed by atoms with Crippen molar-refractivity contribution in [3.05, 3.63) is 29.8 Å². The molecule has 0 saturated carbocycles. The fourth-order valence-corrected chi connectivity index (χ4v) is 2.06. The molecule has 1 amide bonds. The van der Waals surface area contributed by atoms with Gasteiger partial charge in [0.05, 0.1) is 5.56 Å². The molecule has 0 spiro atoms. The number of nitrogens with one attached hydrogen (secondary N) is 2. The van der Waals surface area contributed by atoms with Gasteiger partial charge < -0.3 is 10.6 Å². The molecule has 1 aromatic rings. The molecular weight excluding hydrogens is 232 g/mol. The quantitative estimate of drug-likeness (QED) is 0.733. The van der Waals surface area contributed by atoms with Gasteiger partial charge in [0.25, 0.3) is 5.91 Å². The Morgan fingerprint density at radius 3 is 2.76 bits per heavy atom. The Labute approximate surface area is 107 Å². The van der Waals surface area contributed by atoms with E-state index in [-0.39, 0.29) is 5.91 Å².